The summed E-state index contributed by atoms with van der Waals surface area (Å²) in [7, 11) is -3.65. The normalized spacial score (nSPS) is 13.0. The number of carbonyl (C=O) groups is 2. The van der Waals surface area contributed by atoms with Crippen molar-refractivity contribution < 1.29 is 18.0 Å². The molecule has 0 atom stereocenters. The summed E-state index contributed by atoms with van der Waals surface area (Å²) in [4.78, 5) is 22.7. The van der Waals surface area contributed by atoms with Crippen LogP contribution >= 0.6 is 0 Å². The van der Waals surface area contributed by atoms with Crippen LogP contribution in [0.1, 0.15) is 67.2 Å². The second-order valence-electron chi connectivity index (χ2n) is 7.42. The molecule has 0 aliphatic heterocycles. The van der Waals surface area contributed by atoms with E-state index in [1.165, 1.54) is 6.92 Å². The van der Waals surface area contributed by atoms with Crippen LogP contribution in [-0.2, 0) is 19.6 Å². The Morgan fingerprint density at radius 2 is 1.57 bits per heavy atom. The maximum Gasteiger partial charge on any atom is 0.235 e. The largest absolute Gasteiger partial charge is 0.300 e. The van der Waals surface area contributed by atoms with E-state index in [9.17, 15) is 18.0 Å². The zero-order valence-corrected chi connectivity index (χ0v) is 14.9. The van der Waals surface area contributed by atoms with Crippen LogP contribution in [0.4, 0.5) is 0 Å². The van der Waals surface area contributed by atoms with Crippen molar-refractivity contribution in [3.63, 3.8) is 0 Å². The van der Waals surface area contributed by atoms with Gasteiger partial charge in [0.25, 0.3) is 0 Å². The monoisotopic (exact) mass is 319 g/mol. The molecule has 1 N–H and O–H groups in total. The molecule has 6 heteroatoms. The minimum Gasteiger partial charge on any atom is -0.300 e. The summed E-state index contributed by atoms with van der Waals surface area (Å²) in [5.41, 5.74) is -0.782. The van der Waals surface area contributed by atoms with Crippen LogP contribution in [0.3, 0.4) is 0 Å². The van der Waals surface area contributed by atoms with E-state index in [1.807, 2.05) is 34.6 Å². The van der Waals surface area contributed by atoms with Gasteiger partial charge in [-0.25, -0.2) is 8.42 Å². The molecule has 21 heavy (non-hydrogen) atoms. The zero-order chi connectivity index (χ0) is 16.9. The number of nitrogens with one attached hydrogen (secondary N) is 1. The Hall–Kier alpha value is -0.910. The van der Waals surface area contributed by atoms with E-state index in [1.54, 1.807) is 0 Å². The van der Waals surface area contributed by atoms with Gasteiger partial charge in [0.2, 0.25) is 15.9 Å². The third-order valence-electron chi connectivity index (χ3n) is 3.01. The van der Waals surface area contributed by atoms with Gasteiger partial charge in [-0.1, -0.05) is 34.6 Å². The summed E-state index contributed by atoms with van der Waals surface area (Å²) in [6.45, 7) is 11.0. The topological polar surface area (TPSA) is 80.3 Å². The molecule has 0 aromatic rings. The van der Waals surface area contributed by atoms with Gasteiger partial charge in [-0.2, -0.15) is 0 Å². The van der Waals surface area contributed by atoms with Crippen LogP contribution < -0.4 is 4.72 Å². The Morgan fingerprint density at radius 3 is 2.00 bits per heavy atom. The first-order valence-electron chi connectivity index (χ1n) is 7.31. The van der Waals surface area contributed by atoms with Crippen LogP contribution in [0, 0.1) is 10.8 Å². The molecule has 0 spiro atoms. The number of amides is 1. The molecule has 1 amide bonds. The molecule has 0 aliphatic carbocycles. The predicted molar refractivity (Wildman–Crippen MR) is 84.3 cm³/mol. The third kappa shape index (κ3) is 9.61. The summed E-state index contributed by atoms with van der Waals surface area (Å²) < 4.78 is 26.2. The minimum absolute atomic E-state index is 0.0925. The highest BCUT2D eigenvalue weighted by atomic mass is 32.2. The highest BCUT2D eigenvalue weighted by molar-refractivity contribution is 7.90. The van der Waals surface area contributed by atoms with Crippen LogP contribution in [0.2, 0.25) is 0 Å². The maximum atomic E-state index is 12.0. The fraction of sp³-hybridized carbons (Fsp3) is 0.867. The number of carbonyl (C=O) groups excluding carboxylic acids is 2. The van der Waals surface area contributed by atoms with Gasteiger partial charge >= 0.3 is 0 Å². The first-order chi connectivity index (χ1) is 9.29. The van der Waals surface area contributed by atoms with Crippen LogP contribution in [0.25, 0.3) is 0 Å². The zero-order valence-electron chi connectivity index (χ0n) is 14.1. The number of ketones is 1. The molecule has 0 bridgehead atoms. The molecule has 0 aromatic carbocycles. The van der Waals surface area contributed by atoms with E-state index in [-0.39, 0.29) is 23.4 Å². The minimum atomic E-state index is -3.65. The van der Waals surface area contributed by atoms with E-state index in [2.05, 4.69) is 4.72 Å². The van der Waals surface area contributed by atoms with Gasteiger partial charge in [0.1, 0.15) is 5.78 Å². The van der Waals surface area contributed by atoms with Crippen molar-refractivity contribution in [2.45, 2.75) is 67.2 Å². The summed E-state index contributed by atoms with van der Waals surface area (Å²) in [6, 6.07) is 0. The van der Waals surface area contributed by atoms with Crippen molar-refractivity contribution in [3.05, 3.63) is 0 Å². The van der Waals surface area contributed by atoms with Crippen LogP contribution in [0.5, 0.6) is 0 Å². The average molecular weight is 319 g/mol. The molecule has 0 aliphatic rings. The number of rotatable bonds is 9. The summed E-state index contributed by atoms with van der Waals surface area (Å²) in [5.74, 6) is -0.497. The van der Waals surface area contributed by atoms with Crippen molar-refractivity contribution in [2.75, 3.05) is 5.75 Å². The quantitative estimate of drug-likeness (QED) is 0.708. The summed E-state index contributed by atoms with van der Waals surface area (Å²) >= 11 is 0. The van der Waals surface area contributed by atoms with Crippen molar-refractivity contribution in [1.82, 2.24) is 4.72 Å². The lowest BCUT2D eigenvalue weighted by atomic mass is 9.73. The molecule has 0 aromatic heterocycles. The Kier molecular flexibility index (Phi) is 7.06. The molecule has 0 radical (unpaired) electrons. The Bertz CT molecular complexity index is 478. The molecular formula is C15H29NO4S. The third-order valence-corrected chi connectivity index (χ3v) is 4.71. The van der Waals surface area contributed by atoms with Gasteiger partial charge < -0.3 is 4.79 Å². The molecule has 0 fully saturated rings. The average Bonchev–Trinajstić information content (AvgIpc) is 2.08. The molecule has 0 heterocycles. The van der Waals surface area contributed by atoms with E-state index in [0.29, 0.717) is 19.3 Å². The lowest BCUT2D eigenvalue weighted by Crippen LogP contribution is -2.39. The molecule has 0 rings (SSSR count). The first-order valence-corrected chi connectivity index (χ1v) is 8.97. The molecular weight excluding hydrogens is 290 g/mol. The van der Waals surface area contributed by atoms with Crippen molar-refractivity contribution in [2.24, 2.45) is 10.8 Å². The van der Waals surface area contributed by atoms with E-state index >= 15 is 0 Å². The highest BCUT2D eigenvalue weighted by Crippen LogP contribution is 2.37. The van der Waals surface area contributed by atoms with E-state index < -0.39 is 21.3 Å². The van der Waals surface area contributed by atoms with Gasteiger partial charge in [-0.15, -0.1) is 0 Å². The highest BCUT2D eigenvalue weighted by Gasteiger charge is 2.34. The Labute approximate surface area is 128 Å². The van der Waals surface area contributed by atoms with E-state index in [4.69, 9.17) is 0 Å². The Morgan fingerprint density at radius 1 is 1.05 bits per heavy atom. The first kappa shape index (κ1) is 20.1. The molecule has 0 saturated carbocycles. The number of hydrogen-bond acceptors (Lipinski definition) is 4. The molecule has 124 valence electrons. The molecule has 0 unspecified atom stereocenters. The van der Waals surface area contributed by atoms with Gasteiger partial charge in [-0.3, -0.25) is 9.52 Å². The fourth-order valence-electron chi connectivity index (χ4n) is 3.08. The predicted octanol–water partition coefficient (Wildman–Crippen LogP) is 2.65. The lowest BCUT2D eigenvalue weighted by molar-refractivity contribution is -0.120. The van der Waals surface area contributed by atoms with E-state index in [0.717, 1.165) is 0 Å². The molecule has 5 nitrogen and oxygen atoms in total. The summed E-state index contributed by atoms with van der Waals surface area (Å²) in [6.07, 6.45) is 1.81. The number of sulfonamides is 1. The van der Waals surface area contributed by atoms with Crippen molar-refractivity contribution in [1.29, 1.82) is 0 Å². The van der Waals surface area contributed by atoms with Crippen LogP contribution in [-0.4, -0.2) is 25.9 Å². The van der Waals surface area contributed by atoms with Crippen LogP contribution in [0.15, 0.2) is 0 Å². The number of Topliss-reactive ketones (excluding diaryl/α,β-unsaturated/α-hetero) is 1. The van der Waals surface area contributed by atoms with Gasteiger partial charge in [0.15, 0.2) is 0 Å². The van der Waals surface area contributed by atoms with Gasteiger partial charge in [0.05, 0.1) is 5.75 Å². The smallest absolute Gasteiger partial charge is 0.235 e. The Balaban J connectivity index is 4.79. The standard InChI is InChI=1S/C15H29NO4S/c1-7-8-13(18)16-21(19,20)11-15(5,6)10-14(3,4)9-12(2)17/h7-11H2,1-6H3,(H,16,18). The fourth-order valence-corrected chi connectivity index (χ4v) is 4.74. The van der Waals surface area contributed by atoms with Crippen molar-refractivity contribution >= 4 is 21.7 Å². The number of hydrogen-bond donors (Lipinski definition) is 1. The second kappa shape index (κ2) is 7.38. The van der Waals surface area contributed by atoms with Gasteiger partial charge in [0, 0.05) is 12.8 Å². The maximum absolute atomic E-state index is 12.0. The SMILES string of the molecule is CCCC(=O)NS(=O)(=O)CC(C)(C)CC(C)(C)CC(C)=O. The second-order valence-corrected chi connectivity index (χ2v) is 9.14. The van der Waals surface area contributed by atoms with Gasteiger partial charge in [-0.05, 0) is 30.6 Å². The summed E-state index contributed by atoms with van der Waals surface area (Å²) in [5, 5.41) is 0. The molecule has 0 saturated heterocycles. The van der Waals surface area contributed by atoms with Crippen molar-refractivity contribution in [3.8, 4) is 0 Å². The lowest BCUT2D eigenvalue weighted by Gasteiger charge is -2.34.